The molecular weight excluding hydrogens is 246 g/mol. The van der Waals surface area contributed by atoms with Gasteiger partial charge in [0.05, 0.1) is 11.5 Å². The van der Waals surface area contributed by atoms with Crippen molar-refractivity contribution < 1.29 is 8.42 Å². The summed E-state index contributed by atoms with van der Waals surface area (Å²) in [5.41, 5.74) is 0.493. The molecule has 0 aromatic carbocycles. The van der Waals surface area contributed by atoms with Crippen LogP contribution in [0.2, 0.25) is 0 Å². The maximum absolute atomic E-state index is 11.4. The normalized spacial score (nSPS) is 35.2. The van der Waals surface area contributed by atoms with Crippen LogP contribution in [0.4, 0.5) is 0 Å². The summed E-state index contributed by atoms with van der Waals surface area (Å²) in [5.74, 6) is 1.15. The molecule has 2 rings (SSSR count). The van der Waals surface area contributed by atoms with E-state index in [1.165, 1.54) is 32.1 Å². The van der Waals surface area contributed by atoms with E-state index < -0.39 is 9.84 Å². The fourth-order valence-electron chi connectivity index (χ4n) is 3.23. The van der Waals surface area contributed by atoms with Crippen LogP contribution in [0.5, 0.6) is 0 Å². The van der Waals surface area contributed by atoms with Crippen LogP contribution < -0.4 is 5.32 Å². The van der Waals surface area contributed by atoms with Gasteiger partial charge in [0, 0.05) is 6.04 Å². The third-order valence-corrected chi connectivity index (χ3v) is 6.43. The predicted molar refractivity (Wildman–Crippen MR) is 75.4 cm³/mol. The molecule has 0 aromatic heterocycles. The Morgan fingerprint density at radius 1 is 1.17 bits per heavy atom. The van der Waals surface area contributed by atoms with Crippen LogP contribution in [0, 0.1) is 11.3 Å². The van der Waals surface area contributed by atoms with Crippen molar-refractivity contribution >= 4 is 9.84 Å². The van der Waals surface area contributed by atoms with E-state index in [9.17, 15) is 8.42 Å². The molecule has 1 N–H and O–H groups in total. The molecule has 3 nitrogen and oxygen atoms in total. The van der Waals surface area contributed by atoms with E-state index in [1.807, 2.05) is 0 Å². The van der Waals surface area contributed by atoms with Crippen LogP contribution in [0.25, 0.3) is 0 Å². The van der Waals surface area contributed by atoms with E-state index in [0.29, 0.717) is 28.9 Å². The summed E-state index contributed by atoms with van der Waals surface area (Å²) in [6, 6.07) is 0.607. The van der Waals surface area contributed by atoms with E-state index in [0.717, 1.165) is 13.0 Å². The minimum absolute atomic E-state index is 0.353. The Labute approximate surface area is 112 Å². The van der Waals surface area contributed by atoms with Crippen molar-refractivity contribution in [3.8, 4) is 0 Å². The van der Waals surface area contributed by atoms with Crippen LogP contribution in [-0.2, 0) is 9.84 Å². The molecule has 0 amide bonds. The highest BCUT2D eigenvalue weighted by atomic mass is 32.2. The minimum atomic E-state index is -2.71. The second kappa shape index (κ2) is 5.49. The lowest BCUT2D eigenvalue weighted by Gasteiger charge is -2.22. The van der Waals surface area contributed by atoms with Gasteiger partial charge >= 0.3 is 0 Å². The largest absolute Gasteiger partial charge is 0.314 e. The fourth-order valence-corrected chi connectivity index (χ4v) is 5.09. The molecule has 2 atom stereocenters. The fraction of sp³-hybridized carbons (Fsp3) is 1.00. The first-order valence-electron chi connectivity index (χ1n) is 7.30. The minimum Gasteiger partial charge on any atom is -0.314 e. The first kappa shape index (κ1) is 14.3. The van der Waals surface area contributed by atoms with E-state index in [4.69, 9.17) is 0 Å². The van der Waals surface area contributed by atoms with Gasteiger partial charge in [0.2, 0.25) is 0 Å². The molecule has 2 aliphatic rings. The number of hydrogen-bond acceptors (Lipinski definition) is 3. The number of sulfone groups is 1. The second-order valence-electron chi connectivity index (χ2n) is 6.97. The maximum atomic E-state index is 11.4. The zero-order valence-electron chi connectivity index (χ0n) is 11.7. The molecule has 1 saturated carbocycles. The molecule has 1 saturated heterocycles. The van der Waals surface area contributed by atoms with Crippen LogP contribution >= 0.6 is 0 Å². The lowest BCUT2D eigenvalue weighted by molar-refractivity contribution is 0.308. The Balaban J connectivity index is 1.74. The molecular formula is C14H27NO2S. The maximum Gasteiger partial charge on any atom is 0.150 e. The summed E-state index contributed by atoms with van der Waals surface area (Å²) in [6.07, 6.45) is 7.26. The van der Waals surface area contributed by atoms with Crippen molar-refractivity contribution in [2.75, 3.05) is 18.1 Å². The summed E-state index contributed by atoms with van der Waals surface area (Å²) in [4.78, 5) is 0. The van der Waals surface area contributed by atoms with Gasteiger partial charge in [-0.05, 0) is 50.0 Å². The Bertz CT molecular complexity index is 375. The Kier molecular flexibility index (Phi) is 4.37. The second-order valence-corrected chi connectivity index (χ2v) is 9.20. The molecule has 4 heteroatoms. The summed E-state index contributed by atoms with van der Waals surface area (Å²) >= 11 is 0. The lowest BCUT2D eigenvalue weighted by Crippen LogP contribution is -2.33. The van der Waals surface area contributed by atoms with Gasteiger partial charge in [0.15, 0.2) is 9.84 Å². The Hall–Kier alpha value is -0.0900. The average Bonchev–Trinajstić information content (AvgIpc) is 2.51. The highest BCUT2D eigenvalue weighted by Crippen LogP contribution is 2.33. The highest BCUT2D eigenvalue weighted by Gasteiger charge is 2.29. The smallest absolute Gasteiger partial charge is 0.150 e. The third-order valence-electron chi connectivity index (χ3n) is 4.60. The molecule has 1 heterocycles. The van der Waals surface area contributed by atoms with E-state index in [2.05, 4.69) is 19.2 Å². The van der Waals surface area contributed by atoms with Crippen molar-refractivity contribution in [3.05, 3.63) is 0 Å². The number of rotatable bonds is 3. The zero-order chi connectivity index (χ0) is 13.2. The van der Waals surface area contributed by atoms with Crippen LogP contribution in [0.1, 0.15) is 52.4 Å². The third kappa shape index (κ3) is 4.23. The molecule has 106 valence electrons. The van der Waals surface area contributed by atoms with E-state index >= 15 is 0 Å². The molecule has 1 aliphatic heterocycles. The summed E-state index contributed by atoms with van der Waals surface area (Å²) < 4.78 is 22.8. The van der Waals surface area contributed by atoms with Gasteiger partial charge in [-0.25, -0.2) is 8.42 Å². The van der Waals surface area contributed by atoms with Gasteiger partial charge in [-0.2, -0.15) is 0 Å². The highest BCUT2D eigenvalue weighted by molar-refractivity contribution is 7.91. The van der Waals surface area contributed by atoms with Crippen molar-refractivity contribution in [1.82, 2.24) is 5.32 Å². The van der Waals surface area contributed by atoms with Crippen LogP contribution in [-0.4, -0.2) is 32.5 Å². The van der Waals surface area contributed by atoms with Gasteiger partial charge in [0.1, 0.15) is 0 Å². The topological polar surface area (TPSA) is 46.2 Å². The Morgan fingerprint density at radius 3 is 2.61 bits per heavy atom. The first-order chi connectivity index (χ1) is 8.36. The van der Waals surface area contributed by atoms with E-state index in [-0.39, 0.29) is 0 Å². The monoisotopic (exact) mass is 273 g/mol. The van der Waals surface area contributed by atoms with Crippen molar-refractivity contribution in [2.45, 2.75) is 58.4 Å². The van der Waals surface area contributed by atoms with Gasteiger partial charge in [-0.3, -0.25) is 0 Å². The van der Waals surface area contributed by atoms with Gasteiger partial charge in [-0.1, -0.05) is 20.3 Å². The summed E-state index contributed by atoms with van der Waals surface area (Å²) in [7, 11) is -2.71. The summed E-state index contributed by atoms with van der Waals surface area (Å²) in [6.45, 7) is 5.61. The molecule has 2 fully saturated rings. The number of nitrogens with one attached hydrogen (secondary N) is 1. The van der Waals surface area contributed by atoms with Crippen LogP contribution in [0.15, 0.2) is 0 Å². The van der Waals surface area contributed by atoms with E-state index in [1.54, 1.807) is 0 Å². The first-order valence-corrected chi connectivity index (χ1v) is 9.12. The predicted octanol–water partition coefficient (Wildman–Crippen LogP) is 2.37. The molecule has 1 aliphatic carbocycles. The molecule has 0 spiro atoms. The van der Waals surface area contributed by atoms with Crippen molar-refractivity contribution in [2.24, 2.45) is 11.3 Å². The van der Waals surface area contributed by atoms with Crippen molar-refractivity contribution in [1.29, 1.82) is 0 Å². The van der Waals surface area contributed by atoms with Crippen molar-refractivity contribution in [3.63, 3.8) is 0 Å². The Morgan fingerprint density at radius 2 is 1.94 bits per heavy atom. The van der Waals surface area contributed by atoms with Gasteiger partial charge in [0.25, 0.3) is 0 Å². The van der Waals surface area contributed by atoms with Gasteiger partial charge in [-0.15, -0.1) is 0 Å². The molecule has 2 unspecified atom stereocenters. The molecule has 0 aromatic rings. The van der Waals surface area contributed by atoms with Gasteiger partial charge < -0.3 is 5.32 Å². The standard InChI is InChI=1S/C14H27NO2S/c1-14(2)7-3-4-13(5-8-14)15-10-12-6-9-18(16,17)11-12/h12-13,15H,3-11H2,1-2H3. The van der Waals surface area contributed by atoms with Crippen LogP contribution in [0.3, 0.4) is 0 Å². The average molecular weight is 273 g/mol. The number of hydrogen-bond donors (Lipinski definition) is 1. The molecule has 18 heavy (non-hydrogen) atoms. The molecule has 0 radical (unpaired) electrons. The quantitative estimate of drug-likeness (QED) is 0.803. The lowest BCUT2D eigenvalue weighted by atomic mass is 9.85. The summed E-state index contributed by atoms with van der Waals surface area (Å²) in [5, 5.41) is 3.61. The SMILES string of the molecule is CC1(C)CCCC(NCC2CCS(=O)(=O)C2)CC1. The zero-order valence-corrected chi connectivity index (χ0v) is 12.6. The molecule has 0 bridgehead atoms.